The first-order chi connectivity index (χ1) is 11.0. The van der Waals surface area contributed by atoms with Crippen LogP contribution in [0.2, 0.25) is 0 Å². The highest BCUT2D eigenvalue weighted by atomic mass is 32.2. The summed E-state index contributed by atoms with van der Waals surface area (Å²) in [5.74, 6) is -0.610. The number of fused-ring (bicyclic) bond motifs is 1. The first kappa shape index (κ1) is 15.8. The van der Waals surface area contributed by atoms with Gasteiger partial charge < -0.3 is 4.74 Å². The molecule has 0 bridgehead atoms. The van der Waals surface area contributed by atoms with Crippen LogP contribution in [0.4, 0.5) is 0 Å². The summed E-state index contributed by atoms with van der Waals surface area (Å²) in [6, 6.07) is 9.65. The van der Waals surface area contributed by atoms with E-state index in [0.717, 1.165) is 16.2 Å². The van der Waals surface area contributed by atoms with Gasteiger partial charge in [-0.3, -0.25) is 14.7 Å². The van der Waals surface area contributed by atoms with Gasteiger partial charge in [0, 0.05) is 6.42 Å². The summed E-state index contributed by atoms with van der Waals surface area (Å²) in [4.78, 5) is 30.4. The van der Waals surface area contributed by atoms with Crippen molar-refractivity contribution in [2.24, 2.45) is 4.99 Å². The molecule has 1 saturated heterocycles. The number of allylic oxidation sites excluding steroid dienone is 1. The molecule has 2 heterocycles. The van der Waals surface area contributed by atoms with E-state index in [-0.39, 0.29) is 17.3 Å². The van der Waals surface area contributed by atoms with Crippen LogP contribution in [-0.4, -0.2) is 40.3 Å². The molecule has 2 atom stereocenters. The largest absolute Gasteiger partial charge is 0.464 e. The minimum Gasteiger partial charge on any atom is -0.464 e. The van der Waals surface area contributed by atoms with Gasteiger partial charge in [-0.05, 0) is 25.0 Å². The van der Waals surface area contributed by atoms with E-state index in [1.807, 2.05) is 30.3 Å². The van der Waals surface area contributed by atoms with E-state index in [2.05, 4.69) is 4.99 Å². The van der Waals surface area contributed by atoms with Crippen molar-refractivity contribution in [1.82, 2.24) is 4.90 Å². The summed E-state index contributed by atoms with van der Waals surface area (Å²) < 4.78 is 4.81. The van der Waals surface area contributed by atoms with Crippen molar-refractivity contribution in [2.45, 2.75) is 31.7 Å². The summed E-state index contributed by atoms with van der Waals surface area (Å²) in [7, 11) is 1.33. The van der Waals surface area contributed by atoms with Gasteiger partial charge in [0.25, 0.3) is 5.91 Å². The standard InChI is InChI=1S/C17H18N2O3S/c1-10(2)14(17(21)22-3)19-15(20)13-16(19)23-12(18-13)9-11-7-5-4-6-8-11/h4-8,13,16H,9H2,1-3H3. The first-order valence-electron chi connectivity index (χ1n) is 7.39. The number of carbonyl (C=O) groups is 2. The third-order valence-corrected chi connectivity index (χ3v) is 5.08. The predicted octanol–water partition coefficient (Wildman–Crippen LogP) is 2.38. The molecular formula is C17H18N2O3S. The Kier molecular flexibility index (Phi) is 4.26. The second kappa shape index (κ2) is 6.20. The summed E-state index contributed by atoms with van der Waals surface area (Å²) >= 11 is 1.55. The van der Waals surface area contributed by atoms with Crippen molar-refractivity contribution in [3.63, 3.8) is 0 Å². The lowest BCUT2D eigenvalue weighted by Crippen LogP contribution is -2.61. The molecule has 0 N–H and O–H groups in total. The van der Waals surface area contributed by atoms with Crippen LogP contribution in [0.5, 0.6) is 0 Å². The number of benzene rings is 1. The Labute approximate surface area is 139 Å². The quantitative estimate of drug-likeness (QED) is 0.483. The third kappa shape index (κ3) is 2.79. The summed E-state index contributed by atoms with van der Waals surface area (Å²) in [6.45, 7) is 3.61. The maximum Gasteiger partial charge on any atom is 0.354 e. The fourth-order valence-corrected chi connectivity index (χ4v) is 4.07. The lowest BCUT2D eigenvalue weighted by atomic mass is 10.0. The Balaban J connectivity index is 1.76. The third-order valence-electron chi connectivity index (χ3n) is 3.85. The molecule has 2 aliphatic heterocycles. The van der Waals surface area contributed by atoms with Crippen LogP contribution in [0.15, 0.2) is 46.6 Å². The zero-order valence-electron chi connectivity index (χ0n) is 13.3. The van der Waals surface area contributed by atoms with Gasteiger partial charge in [-0.1, -0.05) is 42.1 Å². The fraction of sp³-hybridized carbons (Fsp3) is 0.353. The van der Waals surface area contributed by atoms with Crippen LogP contribution < -0.4 is 0 Å². The minimum atomic E-state index is -0.478. The second-order valence-electron chi connectivity index (χ2n) is 5.69. The van der Waals surface area contributed by atoms with E-state index in [4.69, 9.17) is 4.74 Å². The molecule has 6 heteroatoms. The monoisotopic (exact) mass is 330 g/mol. The summed E-state index contributed by atoms with van der Waals surface area (Å²) in [5.41, 5.74) is 2.26. The second-order valence-corrected chi connectivity index (χ2v) is 6.88. The molecule has 0 aliphatic carbocycles. The molecule has 2 unspecified atom stereocenters. The topological polar surface area (TPSA) is 59.0 Å². The number of hydrogen-bond acceptors (Lipinski definition) is 5. The highest BCUT2D eigenvalue weighted by Crippen LogP contribution is 2.42. The number of ether oxygens (including phenoxy) is 1. The number of likely N-dealkylation sites (tertiary alicyclic amines) is 1. The molecule has 120 valence electrons. The van der Waals surface area contributed by atoms with Crippen molar-refractivity contribution < 1.29 is 14.3 Å². The molecule has 0 spiro atoms. The average Bonchev–Trinajstić information content (AvgIpc) is 2.91. The molecular weight excluding hydrogens is 312 g/mol. The zero-order valence-corrected chi connectivity index (χ0v) is 14.1. The Hall–Kier alpha value is -2.08. The molecule has 1 aromatic rings. The van der Waals surface area contributed by atoms with Gasteiger partial charge in [0.1, 0.15) is 11.1 Å². The lowest BCUT2D eigenvalue weighted by molar-refractivity contribution is -0.148. The van der Waals surface area contributed by atoms with E-state index < -0.39 is 5.97 Å². The van der Waals surface area contributed by atoms with E-state index in [1.54, 1.807) is 25.6 Å². The highest BCUT2D eigenvalue weighted by Gasteiger charge is 2.54. The number of nitrogens with zero attached hydrogens (tertiary/aromatic N) is 2. The van der Waals surface area contributed by atoms with Crippen LogP contribution in [-0.2, 0) is 20.7 Å². The van der Waals surface area contributed by atoms with Crippen LogP contribution in [0.25, 0.3) is 0 Å². The Morgan fingerprint density at radius 1 is 1.30 bits per heavy atom. The summed E-state index contributed by atoms with van der Waals surface area (Å²) in [6.07, 6.45) is 0.710. The number of rotatable bonds is 4. The molecule has 0 aromatic heterocycles. The highest BCUT2D eigenvalue weighted by molar-refractivity contribution is 8.14. The Morgan fingerprint density at radius 3 is 2.61 bits per heavy atom. The van der Waals surface area contributed by atoms with E-state index in [1.165, 1.54) is 12.0 Å². The maximum atomic E-state index is 12.4. The molecule has 23 heavy (non-hydrogen) atoms. The van der Waals surface area contributed by atoms with E-state index in [9.17, 15) is 9.59 Å². The normalized spacial score (nSPS) is 22.1. The fourth-order valence-electron chi connectivity index (χ4n) is 2.75. The van der Waals surface area contributed by atoms with Gasteiger partial charge in [0.05, 0.1) is 12.2 Å². The minimum absolute atomic E-state index is 0.132. The van der Waals surface area contributed by atoms with Crippen LogP contribution in [0.1, 0.15) is 19.4 Å². The van der Waals surface area contributed by atoms with E-state index in [0.29, 0.717) is 12.1 Å². The van der Waals surface area contributed by atoms with Crippen molar-refractivity contribution in [3.05, 3.63) is 47.2 Å². The molecule has 2 aliphatic rings. The van der Waals surface area contributed by atoms with Gasteiger partial charge >= 0.3 is 5.97 Å². The van der Waals surface area contributed by atoms with Gasteiger partial charge in [-0.2, -0.15) is 0 Å². The predicted molar refractivity (Wildman–Crippen MR) is 90.0 cm³/mol. The number of methoxy groups -OCH3 is 1. The molecule has 0 saturated carbocycles. The van der Waals surface area contributed by atoms with Gasteiger partial charge in [0.15, 0.2) is 6.04 Å². The summed E-state index contributed by atoms with van der Waals surface area (Å²) in [5, 5.41) is 0.797. The number of hydrogen-bond donors (Lipinski definition) is 0. The molecule has 5 nitrogen and oxygen atoms in total. The van der Waals surface area contributed by atoms with Crippen LogP contribution >= 0.6 is 11.8 Å². The average molecular weight is 330 g/mol. The number of carbonyl (C=O) groups excluding carboxylic acids is 2. The Morgan fingerprint density at radius 2 is 2.00 bits per heavy atom. The van der Waals surface area contributed by atoms with Crippen LogP contribution in [0.3, 0.4) is 0 Å². The van der Waals surface area contributed by atoms with Gasteiger partial charge in [-0.25, -0.2) is 4.79 Å². The van der Waals surface area contributed by atoms with Crippen molar-refractivity contribution in [3.8, 4) is 0 Å². The zero-order chi connectivity index (χ0) is 16.6. The molecule has 1 aromatic carbocycles. The molecule has 3 rings (SSSR count). The van der Waals surface area contributed by atoms with E-state index >= 15 is 0 Å². The number of thioether (sulfide) groups is 1. The number of amides is 1. The van der Waals surface area contributed by atoms with Crippen molar-refractivity contribution >= 4 is 28.7 Å². The smallest absolute Gasteiger partial charge is 0.354 e. The number of β-lactam (4-membered cyclic amide) rings is 1. The van der Waals surface area contributed by atoms with Crippen LogP contribution in [0, 0.1) is 0 Å². The number of esters is 1. The first-order valence-corrected chi connectivity index (χ1v) is 8.27. The SMILES string of the molecule is COC(=O)C(=C(C)C)N1C(=O)C2N=C(Cc3ccccc3)SC21. The number of aliphatic imine (C=N–C) groups is 1. The van der Waals surface area contributed by atoms with Gasteiger partial charge in [0.2, 0.25) is 0 Å². The maximum absolute atomic E-state index is 12.4. The Bertz CT molecular complexity index is 708. The lowest BCUT2D eigenvalue weighted by Gasteiger charge is -2.41. The molecule has 1 fully saturated rings. The van der Waals surface area contributed by atoms with Crippen molar-refractivity contribution in [2.75, 3.05) is 7.11 Å². The van der Waals surface area contributed by atoms with Gasteiger partial charge in [-0.15, -0.1) is 0 Å². The van der Waals surface area contributed by atoms with Crippen molar-refractivity contribution in [1.29, 1.82) is 0 Å². The molecule has 0 radical (unpaired) electrons. The molecule has 1 amide bonds.